The van der Waals surface area contributed by atoms with Crippen molar-refractivity contribution in [2.45, 2.75) is 0 Å². The van der Waals surface area contributed by atoms with E-state index in [1.54, 1.807) is 6.07 Å². The lowest BCUT2D eigenvalue weighted by Gasteiger charge is -1.91. The Kier molecular flexibility index (Phi) is 2.21. The van der Waals surface area contributed by atoms with Crippen molar-refractivity contribution in [2.24, 2.45) is 12.8 Å². The smallest absolute Gasteiger partial charge is 0.339 e. The first-order valence-electron chi connectivity index (χ1n) is 5.34. The summed E-state index contributed by atoms with van der Waals surface area (Å²) < 4.78 is 2.17. The van der Waals surface area contributed by atoms with Crippen LogP contribution in [0, 0.1) is 0 Å². The number of carbonyl (C=O) groups is 1. The Hall–Kier alpha value is -2.97. The zero-order valence-electron chi connectivity index (χ0n) is 9.86. The Morgan fingerprint density at radius 1 is 1.47 bits per heavy atom. The van der Waals surface area contributed by atoms with Crippen LogP contribution in [0.2, 0.25) is 0 Å². The lowest BCUT2D eigenvalue weighted by Crippen LogP contribution is -2.19. The second-order valence-electron chi connectivity index (χ2n) is 3.90. The number of H-pyrrole nitrogens is 1. The molecule has 0 aliphatic rings. The molecule has 0 atom stereocenters. The van der Waals surface area contributed by atoms with Crippen LogP contribution < -0.4 is 11.3 Å². The molecule has 1 amide bonds. The molecule has 0 fully saturated rings. The summed E-state index contributed by atoms with van der Waals surface area (Å²) in [6.45, 7) is 0. The average molecular weight is 259 g/mol. The molecule has 0 unspecified atom stereocenters. The monoisotopic (exact) mass is 259 g/mol. The van der Waals surface area contributed by atoms with Gasteiger partial charge in [0, 0.05) is 13.2 Å². The third-order valence-electron chi connectivity index (χ3n) is 2.65. The molecule has 3 aromatic heterocycles. The maximum atomic E-state index is 11.8. The highest BCUT2D eigenvalue weighted by Crippen LogP contribution is 2.15. The predicted octanol–water partition coefficient (Wildman–Crippen LogP) is -0.553. The third kappa shape index (κ3) is 1.68. The van der Waals surface area contributed by atoms with E-state index in [1.807, 2.05) is 0 Å². The number of primary amides is 1. The highest BCUT2D eigenvalue weighted by molar-refractivity contribution is 5.78. The summed E-state index contributed by atoms with van der Waals surface area (Å²) in [6.07, 6.45) is 2.92. The second kappa shape index (κ2) is 3.77. The van der Waals surface area contributed by atoms with Gasteiger partial charge in [-0.05, 0) is 6.07 Å². The minimum Gasteiger partial charge on any atom is -0.350 e. The number of aryl methyl sites for hydroxylation is 1. The number of hydrogen-bond donors (Lipinski definition) is 2. The third-order valence-corrected chi connectivity index (χ3v) is 2.65. The molecule has 3 aromatic rings. The molecule has 3 rings (SSSR count). The van der Waals surface area contributed by atoms with Crippen molar-refractivity contribution >= 4 is 17.1 Å². The van der Waals surface area contributed by atoms with Crippen molar-refractivity contribution in [3.05, 3.63) is 28.8 Å². The lowest BCUT2D eigenvalue weighted by atomic mass is 10.4. The molecule has 3 N–H and O–H groups in total. The van der Waals surface area contributed by atoms with Gasteiger partial charge in [-0.15, -0.1) is 0 Å². The van der Waals surface area contributed by atoms with Crippen LogP contribution >= 0.6 is 0 Å². The van der Waals surface area contributed by atoms with E-state index in [0.717, 1.165) is 4.68 Å². The van der Waals surface area contributed by atoms with Crippen LogP contribution in [0.15, 0.2) is 23.3 Å². The van der Waals surface area contributed by atoms with Crippen molar-refractivity contribution in [1.29, 1.82) is 0 Å². The van der Waals surface area contributed by atoms with Gasteiger partial charge in [0.05, 0.1) is 11.7 Å². The largest absolute Gasteiger partial charge is 0.350 e. The van der Waals surface area contributed by atoms with Gasteiger partial charge in [-0.1, -0.05) is 0 Å². The Balaban J connectivity index is 2.17. The Bertz CT molecular complexity index is 841. The van der Waals surface area contributed by atoms with Crippen molar-refractivity contribution in [1.82, 2.24) is 29.5 Å². The molecule has 96 valence electrons. The summed E-state index contributed by atoms with van der Waals surface area (Å²) in [5.41, 5.74) is 5.97. The minimum absolute atomic E-state index is 0.265. The summed E-state index contributed by atoms with van der Waals surface area (Å²) in [5.74, 6) is 0.375. The number of aromatic amines is 1. The van der Waals surface area contributed by atoms with Gasteiger partial charge in [-0.3, -0.25) is 4.79 Å². The van der Waals surface area contributed by atoms with Gasteiger partial charge >= 0.3 is 6.03 Å². The number of rotatable bonds is 1. The molecule has 0 saturated carbocycles. The lowest BCUT2D eigenvalue weighted by molar-refractivity contribution is 0.248. The molecule has 0 radical (unpaired) electrons. The van der Waals surface area contributed by atoms with E-state index < -0.39 is 6.03 Å². The normalized spacial score (nSPS) is 11.0. The highest BCUT2D eigenvalue weighted by atomic mass is 16.2. The molecule has 0 aliphatic carbocycles. The molecule has 0 aliphatic heterocycles. The highest BCUT2D eigenvalue weighted by Gasteiger charge is 2.12. The molecular weight excluding hydrogens is 250 g/mol. The van der Waals surface area contributed by atoms with E-state index in [1.165, 1.54) is 24.1 Å². The first kappa shape index (κ1) is 11.1. The number of aromatic nitrogens is 6. The van der Waals surface area contributed by atoms with Crippen LogP contribution in [-0.2, 0) is 7.05 Å². The summed E-state index contributed by atoms with van der Waals surface area (Å²) in [7, 11) is 1.54. The molecule has 9 heteroatoms. The number of amides is 1. The van der Waals surface area contributed by atoms with Crippen LogP contribution in [0.3, 0.4) is 0 Å². The summed E-state index contributed by atoms with van der Waals surface area (Å²) in [6, 6.07) is 0.875. The number of nitrogens with zero attached hydrogens (tertiary/aromatic N) is 5. The molecule has 3 heterocycles. The van der Waals surface area contributed by atoms with Crippen LogP contribution in [0.4, 0.5) is 4.79 Å². The van der Waals surface area contributed by atoms with Crippen LogP contribution in [0.5, 0.6) is 0 Å². The van der Waals surface area contributed by atoms with E-state index in [-0.39, 0.29) is 11.1 Å². The second-order valence-corrected chi connectivity index (χ2v) is 3.90. The van der Waals surface area contributed by atoms with Gasteiger partial charge < -0.3 is 10.7 Å². The molecule has 9 nitrogen and oxygen atoms in total. The number of fused-ring (bicyclic) bond motifs is 1. The maximum Gasteiger partial charge on any atom is 0.339 e. The molecule has 0 aromatic carbocycles. The van der Waals surface area contributed by atoms with Gasteiger partial charge in [0.15, 0.2) is 11.3 Å². The fourth-order valence-electron chi connectivity index (χ4n) is 1.69. The molecule has 19 heavy (non-hydrogen) atoms. The Morgan fingerprint density at radius 3 is 2.95 bits per heavy atom. The van der Waals surface area contributed by atoms with E-state index in [0.29, 0.717) is 17.0 Å². The van der Waals surface area contributed by atoms with E-state index in [2.05, 4.69) is 20.2 Å². The van der Waals surface area contributed by atoms with Crippen LogP contribution in [0.25, 0.3) is 22.6 Å². The minimum atomic E-state index is -0.694. The van der Waals surface area contributed by atoms with Crippen LogP contribution in [0.1, 0.15) is 0 Å². The Labute approximate surface area is 105 Å². The number of nitrogens with one attached hydrogen (secondary N) is 1. The van der Waals surface area contributed by atoms with Gasteiger partial charge in [-0.2, -0.15) is 14.9 Å². The van der Waals surface area contributed by atoms with Crippen molar-refractivity contribution < 1.29 is 4.79 Å². The topological polar surface area (TPSA) is 124 Å². The standard InChI is InChI=1S/C10H9N7O2/c1-16-9(18)7-6(4-12-16)13-8(14-7)5-2-3-17(15-5)10(11)19/h2-4H,1H3,(H2,11,19)(H,13,14). The number of nitrogens with two attached hydrogens (primary N) is 1. The van der Waals surface area contributed by atoms with Crippen molar-refractivity contribution in [3.8, 4) is 11.5 Å². The molecular formula is C10H9N7O2. The zero-order chi connectivity index (χ0) is 13.6. The quantitative estimate of drug-likeness (QED) is 0.606. The van der Waals surface area contributed by atoms with Crippen molar-refractivity contribution in [3.63, 3.8) is 0 Å². The van der Waals surface area contributed by atoms with Gasteiger partial charge in [0.2, 0.25) is 0 Å². The van der Waals surface area contributed by atoms with E-state index in [4.69, 9.17) is 5.73 Å². The summed E-state index contributed by atoms with van der Waals surface area (Å²) in [4.78, 5) is 29.8. The van der Waals surface area contributed by atoms with Crippen molar-refractivity contribution in [2.75, 3.05) is 0 Å². The van der Waals surface area contributed by atoms with Crippen LogP contribution in [-0.4, -0.2) is 35.6 Å². The van der Waals surface area contributed by atoms with Gasteiger partial charge in [0.25, 0.3) is 5.56 Å². The zero-order valence-corrected chi connectivity index (χ0v) is 9.86. The molecule has 0 spiro atoms. The first-order valence-corrected chi connectivity index (χ1v) is 5.34. The maximum absolute atomic E-state index is 11.8. The van der Waals surface area contributed by atoms with Gasteiger partial charge in [-0.25, -0.2) is 14.5 Å². The Morgan fingerprint density at radius 2 is 2.26 bits per heavy atom. The van der Waals surface area contributed by atoms with E-state index in [9.17, 15) is 9.59 Å². The van der Waals surface area contributed by atoms with E-state index >= 15 is 0 Å². The molecule has 0 saturated heterocycles. The number of carbonyl (C=O) groups excluding carboxylic acids is 1. The number of hydrogen-bond acceptors (Lipinski definition) is 5. The summed E-state index contributed by atoms with van der Waals surface area (Å²) >= 11 is 0. The average Bonchev–Trinajstić information content (AvgIpc) is 2.99. The molecule has 0 bridgehead atoms. The summed E-state index contributed by atoms with van der Waals surface area (Å²) in [5, 5.41) is 7.83. The predicted molar refractivity (Wildman–Crippen MR) is 65.3 cm³/mol. The SMILES string of the molecule is Cn1ncc2[nH]c(-c3ccn(C(N)=O)n3)nc2c1=O. The van der Waals surface area contributed by atoms with Gasteiger partial charge in [0.1, 0.15) is 5.69 Å². The first-order chi connectivity index (χ1) is 9.06. The fourth-order valence-corrected chi connectivity index (χ4v) is 1.69. The fraction of sp³-hybridized carbons (Fsp3) is 0.100. The number of imidazole rings is 1.